The highest BCUT2D eigenvalue weighted by Crippen LogP contribution is 2.38. The van der Waals surface area contributed by atoms with E-state index in [1.165, 1.54) is 0 Å². The maximum Gasteiger partial charge on any atom is 0.189 e. The zero-order valence-electron chi connectivity index (χ0n) is 9.18. The van der Waals surface area contributed by atoms with Gasteiger partial charge in [-0.25, -0.2) is 8.42 Å². The number of hydrogen-bond donors (Lipinski definition) is 2. The fourth-order valence-corrected chi connectivity index (χ4v) is 4.25. The lowest BCUT2D eigenvalue weighted by Gasteiger charge is -2.35. The van der Waals surface area contributed by atoms with E-state index in [4.69, 9.17) is 5.73 Å². The van der Waals surface area contributed by atoms with Gasteiger partial charge in [-0.1, -0.05) is 18.2 Å². The van der Waals surface area contributed by atoms with Crippen molar-refractivity contribution >= 4 is 15.8 Å². The van der Waals surface area contributed by atoms with Gasteiger partial charge in [0.25, 0.3) is 0 Å². The molecule has 0 aliphatic carbocycles. The second-order valence-corrected chi connectivity index (χ2v) is 6.55. The molecule has 1 aromatic rings. The summed E-state index contributed by atoms with van der Waals surface area (Å²) < 4.78 is 24.0. The lowest BCUT2D eigenvalue weighted by Crippen LogP contribution is -2.49. The molecule has 2 aliphatic rings. The van der Waals surface area contributed by atoms with Gasteiger partial charge in [0, 0.05) is 0 Å². The number of aliphatic imine (C=N–C) groups is 1. The smallest absolute Gasteiger partial charge is 0.189 e. The standard InChI is InChI=1S/C11H13N3O2S/c12-10-13-7-11(14-10)5-6-17(15,16)9-4-2-1-3-8(9)11/h1-4H,5-7H2,(H3,12,13,14). The molecule has 1 spiro atoms. The third-order valence-corrected chi connectivity index (χ3v) is 5.19. The maximum atomic E-state index is 12.0. The van der Waals surface area contributed by atoms with Gasteiger partial charge < -0.3 is 11.1 Å². The van der Waals surface area contributed by atoms with Crippen LogP contribution in [0.3, 0.4) is 0 Å². The summed E-state index contributed by atoms with van der Waals surface area (Å²) in [7, 11) is -3.15. The predicted molar refractivity (Wildman–Crippen MR) is 64.4 cm³/mol. The fraction of sp³-hybridized carbons (Fsp3) is 0.364. The monoisotopic (exact) mass is 251 g/mol. The normalized spacial score (nSPS) is 29.5. The van der Waals surface area contributed by atoms with Crippen LogP contribution in [0, 0.1) is 0 Å². The molecule has 0 saturated carbocycles. The van der Waals surface area contributed by atoms with Gasteiger partial charge in [-0.15, -0.1) is 0 Å². The van der Waals surface area contributed by atoms with E-state index in [0.717, 1.165) is 5.56 Å². The van der Waals surface area contributed by atoms with Crippen molar-refractivity contribution in [1.29, 1.82) is 0 Å². The minimum Gasteiger partial charge on any atom is -0.370 e. The van der Waals surface area contributed by atoms with Gasteiger partial charge in [-0.3, -0.25) is 4.99 Å². The van der Waals surface area contributed by atoms with Gasteiger partial charge in [-0.2, -0.15) is 0 Å². The number of nitrogens with one attached hydrogen (secondary N) is 1. The first-order valence-corrected chi connectivity index (χ1v) is 7.09. The summed E-state index contributed by atoms with van der Waals surface area (Å²) in [6.07, 6.45) is 0.510. The van der Waals surface area contributed by atoms with Crippen LogP contribution in [-0.4, -0.2) is 26.7 Å². The van der Waals surface area contributed by atoms with Gasteiger partial charge in [0.2, 0.25) is 0 Å². The molecule has 2 aliphatic heterocycles. The molecule has 1 unspecified atom stereocenters. The topological polar surface area (TPSA) is 84.5 Å². The van der Waals surface area contributed by atoms with Crippen molar-refractivity contribution in [3.05, 3.63) is 29.8 Å². The number of fused-ring (bicyclic) bond motifs is 2. The number of sulfone groups is 1. The molecule has 0 radical (unpaired) electrons. The average Bonchev–Trinajstić information content (AvgIpc) is 2.69. The van der Waals surface area contributed by atoms with Crippen LogP contribution in [0.25, 0.3) is 0 Å². The second-order valence-electron chi connectivity index (χ2n) is 4.47. The third-order valence-electron chi connectivity index (χ3n) is 3.42. The van der Waals surface area contributed by atoms with Crippen LogP contribution >= 0.6 is 0 Å². The molecule has 0 amide bonds. The number of benzene rings is 1. The SMILES string of the molecule is NC1=NCC2(CCS(=O)(=O)c3ccccc32)N1. The maximum absolute atomic E-state index is 12.0. The molecule has 3 N–H and O–H groups in total. The molecule has 3 rings (SSSR count). The van der Waals surface area contributed by atoms with Crippen LogP contribution in [-0.2, 0) is 15.4 Å². The van der Waals surface area contributed by atoms with E-state index in [0.29, 0.717) is 23.8 Å². The summed E-state index contributed by atoms with van der Waals surface area (Å²) in [6.45, 7) is 0.505. The van der Waals surface area contributed by atoms with E-state index >= 15 is 0 Å². The summed E-state index contributed by atoms with van der Waals surface area (Å²) in [5, 5.41) is 3.13. The van der Waals surface area contributed by atoms with Crippen molar-refractivity contribution in [3.8, 4) is 0 Å². The fourth-order valence-electron chi connectivity index (χ4n) is 2.52. The molecule has 6 heteroatoms. The first-order valence-electron chi connectivity index (χ1n) is 5.44. The highest BCUT2D eigenvalue weighted by molar-refractivity contribution is 7.91. The minimum atomic E-state index is -3.15. The predicted octanol–water partition coefficient (Wildman–Crippen LogP) is -0.0228. The Hall–Kier alpha value is -1.56. The quantitative estimate of drug-likeness (QED) is 0.678. The Morgan fingerprint density at radius 3 is 2.82 bits per heavy atom. The Morgan fingerprint density at radius 2 is 2.12 bits per heavy atom. The van der Waals surface area contributed by atoms with E-state index in [1.807, 2.05) is 12.1 Å². The molecule has 5 nitrogen and oxygen atoms in total. The van der Waals surface area contributed by atoms with E-state index in [9.17, 15) is 8.42 Å². The molecular formula is C11H13N3O2S. The minimum absolute atomic E-state index is 0.139. The Labute approximate surface area is 99.7 Å². The van der Waals surface area contributed by atoms with E-state index in [2.05, 4.69) is 10.3 Å². The Morgan fingerprint density at radius 1 is 1.35 bits per heavy atom. The number of nitrogens with two attached hydrogens (primary N) is 1. The molecule has 17 heavy (non-hydrogen) atoms. The van der Waals surface area contributed by atoms with Gasteiger partial charge in [0.1, 0.15) is 0 Å². The zero-order chi connectivity index (χ0) is 12.1. The van der Waals surface area contributed by atoms with Gasteiger partial charge in [0.15, 0.2) is 15.8 Å². The first kappa shape index (κ1) is 10.6. The van der Waals surface area contributed by atoms with Crippen molar-refractivity contribution in [1.82, 2.24) is 5.32 Å². The van der Waals surface area contributed by atoms with Crippen molar-refractivity contribution in [2.45, 2.75) is 16.9 Å². The van der Waals surface area contributed by atoms with Crippen LogP contribution in [0.2, 0.25) is 0 Å². The van der Waals surface area contributed by atoms with E-state index < -0.39 is 15.4 Å². The van der Waals surface area contributed by atoms with Crippen LogP contribution in [0.4, 0.5) is 0 Å². The first-order chi connectivity index (χ1) is 8.04. The molecule has 2 heterocycles. The van der Waals surface area contributed by atoms with Crippen LogP contribution in [0.5, 0.6) is 0 Å². The van der Waals surface area contributed by atoms with Gasteiger partial charge in [0.05, 0.1) is 22.7 Å². The van der Waals surface area contributed by atoms with Crippen molar-refractivity contribution in [2.75, 3.05) is 12.3 Å². The Kier molecular flexibility index (Phi) is 2.01. The summed E-state index contributed by atoms with van der Waals surface area (Å²) in [6, 6.07) is 7.08. The van der Waals surface area contributed by atoms with Crippen LogP contribution in [0.15, 0.2) is 34.2 Å². The number of nitrogens with zero attached hydrogens (tertiary/aromatic N) is 1. The summed E-state index contributed by atoms with van der Waals surface area (Å²) >= 11 is 0. The largest absolute Gasteiger partial charge is 0.370 e. The lowest BCUT2D eigenvalue weighted by molar-refractivity contribution is 0.396. The molecule has 0 aromatic heterocycles. The molecular weight excluding hydrogens is 238 g/mol. The number of guanidine groups is 1. The Bertz CT molecular complexity index is 609. The highest BCUT2D eigenvalue weighted by atomic mass is 32.2. The second kappa shape index (κ2) is 3.22. The molecule has 0 bridgehead atoms. The van der Waals surface area contributed by atoms with Crippen molar-refractivity contribution < 1.29 is 8.42 Å². The Balaban J connectivity index is 2.19. The zero-order valence-corrected chi connectivity index (χ0v) is 10.00. The summed E-state index contributed by atoms with van der Waals surface area (Å²) in [5.41, 5.74) is 6.02. The van der Waals surface area contributed by atoms with Crippen molar-refractivity contribution in [2.24, 2.45) is 10.7 Å². The molecule has 1 aromatic carbocycles. The average molecular weight is 251 g/mol. The van der Waals surface area contributed by atoms with Gasteiger partial charge >= 0.3 is 0 Å². The number of rotatable bonds is 0. The summed E-state index contributed by atoms with van der Waals surface area (Å²) in [4.78, 5) is 4.55. The van der Waals surface area contributed by atoms with Crippen LogP contribution in [0.1, 0.15) is 12.0 Å². The lowest BCUT2D eigenvalue weighted by atomic mass is 9.87. The van der Waals surface area contributed by atoms with Gasteiger partial charge in [-0.05, 0) is 18.1 Å². The van der Waals surface area contributed by atoms with Crippen LogP contribution < -0.4 is 11.1 Å². The van der Waals surface area contributed by atoms with Crippen molar-refractivity contribution in [3.63, 3.8) is 0 Å². The summed E-state index contributed by atoms with van der Waals surface area (Å²) in [5.74, 6) is 0.527. The molecule has 1 atom stereocenters. The molecule has 0 saturated heterocycles. The highest BCUT2D eigenvalue weighted by Gasteiger charge is 2.44. The number of hydrogen-bond acceptors (Lipinski definition) is 5. The van der Waals surface area contributed by atoms with E-state index in [-0.39, 0.29) is 5.75 Å². The molecule has 90 valence electrons. The molecule has 0 fully saturated rings. The van der Waals surface area contributed by atoms with E-state index in [1.54, 1.807) is 12.1 Å². The third kappa shape index (κ3) is 1.44.